The van der Waals surface area contributed by atoms with Crippen LogP contribution in [0, 0.1) is 0 Å². The molecule has 54 heavy (non-hydrogen) atoms. The topological polar surface area (TPSA) is 3.24 Å². The third-order valence-corrected chi connectivity index (χ3v) is 12.3. The molecule has 2 heteroatoms. The van der Waals surface area contributed by atoms with Crippen LogP contribution < -0.4 is 4.90 Å². The van der Waals surface area contributed by atoms with Crippen LogP contribution in [0.15, 0.2) is 200 Å². The largest absolute Gasteiger partial charge is 0.309 e. The van der Waals surface area contributed by atoms with E-state index in [-0.39, 0.29) is 0 Å². The Kier molecular flexibility index (Phi) is 7.11. The summed E-state index contributed by atoms with van der Waals surface area (Å²) in [5, 5.41) is 12.8. The molecule has 0 spiro atoms. The lowest BCUT2D eigenvalue weighted by Gasteiger charge is -2.29. The highest BCUT2D eigenvalue weighted by atomic mass is 32.1. The average molecular weight is 704 g/mol. The van der Waals surface area contributed by atoms with Crippen LogP contribution >= 0.6 is 11.3 Å². The Bertz CT molecular complexity index is 3210. The van der Waals surface area contributed by atoms with Gasteiger partial charge in [-0.05, 0) is 79.3 Å². The van der Waals surface area contributed by atoms with E-state index in [4.69, 9.17) is 0 Å². The van der Waals surface area contributed by atoms with E-state index in [1.54, 1.807) is 0 Å². The Morgan fingerprint density at radius 3 is 1.76 bits per heavy atom. The molecule has 0 saturated carbocycles. The van der Waals surface area contributed by atoms with E-state index >= 15 is 0 Å². The molecule has 1 heterocycles. The molecular formula is C52H33NS. The smallest absolute Gasteiger partial charge is 0.0540 e. The van der Waals surface area contributed by atoms with Crippen LogP contribution in [0.2, 0.25) is 0 Å². The normalized spacial score (nSPS) is 11.7. The molecule has 0 atom stereocenters. The minimum absolute atomic E-state index is 1.11. The first-order valence-corrected chi connectivity index (χ1v) is 19.3. The van der Waals surface area contributed by atoms with E-state index in [1.165, 1.54) is 85.5 Å². The molecule has 1 aromatic heterocycles. The van der Waals surface area contributed by atoms with Crippen LogP contribution in [0.3, 0.4) is 0 Å². The van der Waals surface area contributed by atoms with Crippen molar-refractivity contribution in [3.63, 3.8) is 0 Å². The first-order chi connectivity index (χ1) is 26.8. The summed E-state index contributed by atoms with van der Waals surface area (Å²) >= 11 is 1.89. The SMILES string of the molecule is c1ccc(-c2ccccc2N(c2ccc(-c3cccc4ccc5ccc6ccccc6c5c34)cc2)c2cccc3c2ccc2c4ccccc4sc32)cc1. The lowest BCUT2D eigenvalue weighted by molar-refractivity contribution is 1.30. The van der Waals surface area contributed by atoms with Gasteiger partial charge in [0.2, 0.25) is 0 Å². The molecule has 0 bridgehead atoms. The zero-order chi connectivity index (χ0) is 35.6. The van der Waals surface area contributed by atoms with E-state index in [2.05, 4.69) is 205 Å². The Balaban J connectivity index is 1.14. The van der Waals surface area contributed by atoms with Crippen LogP contribution in [0.4, 0.5) is 17.1 Å². The fourth-order valence-corrected chi connectivity index (χ4v) is 9.79. The van der Waals surface area contributed by atoms with Crippen LogP contribution in [0.5, 0.6) is 0 Å². The van der Waals surface area contributed by atoms with Gasteiger partial charge < -0.3 is 4.90 Å². The zero-order valence-corrected chi connectivity index (χ0v) is 30.2. The number of hydrogen-bond acceptors (Lipinski definition) is 2. The summed E-state index contributed by atoms with van der Waals surface area (Å²) in [7, 11) is 0. The van der Waals surface area contributed by atoms with Gasteiger partial charge in [0.1, 0.15) is 0 Å². The highest BCUT2D eigenvalue weighted by Gasteiger charge is 2.21. The summed E-state index contributed by atoms with van der Waals surface area (Å²) in [5.41, 5.74) is 8.24. The molecule has 252 valence electrons. The van der Waals surface area contributed by atoms with Crippen molar-refractivity contribution in [2.24, 2.45) is 0 Å². The van der Waals surface area contributed by atoms with E-state index in [9.17, 15) is 0 Å². The molecule has 0 aliphatic carbocycles. The third kappa shape index (κ3) is 4.85. The zero-order valence-electron chi connectivity index (χ0n) is 29.4. The Morgan fingerprint density at radius 2 is 0.889 bits per heavy atom. The lowest BCUT2D eigenvalue weighted by atomic mass is 9.91. The van der Waals surface area contributed by atoms with Gasteiger partial charge in [-0.3, -0.25) is 0 Å². The second-order valence-corrected chi connectivity index (χ2v) is 15.1. The maximum Gasteiger partial charge on any atom is 0.0540 e. The number of rotatable bonds is 5. The second kappa shape index (κ2) is 12.4. The number of thiophene rings is 1. The molecule has 11 rings (SSSR count). The van der Waals surface area contributed by atoms with Gasteiger partial charge >= 0.3 is 0 Å². The number of nitrogens with zero attached hydrogens (tertiary/aromatic N) is 1. The summed E-state index contributed by atoms with van der Waals surface area (Å²) in [6.07, 6.45) is 0. The predicted molar refractivity (Wildman–Crippen MR) is 235 cm³/mol. The highest BCUT2D eigenvalue weighted by Crippen LogP contribution is 2.47. The number of benzene rings is 10. The standard InChI is InChI=1S/C52H33NS/c1-2-12-34(13-3-1)40-16-6-8-21-47(40)53(48-22-11-20-45-43(48)32-33-46-44-18-7-9-23-49(44)54-52(45)46)39-30-28-36(29-31-39)42-19-10-15-37-26-27-38-25-24-35-14-4-5-17-41(35)51(38)50(37)42/h1-33H. The molecule has 11 aromatic rings. The van der Waals surface area contributed by atoms with Crippen LogP contribution in [-0.2, 0) is 0 Å². The second-order valence-electron chi connectivity index (χ2n) is 14.0. The van der Waals surface area contributed by atoms with Crippen LogP contribution in [-0.4, -0.2) is 0 Å². The first kappa shape index (κ1) is 30.8. The lowest BCUT2D eigenvalue weighted by Crippen LogP contribution is -2.11. The van der Waals surface area contributed by atoms with Crippen LogP contribution in [0.1, 0.15) is 0 Å². The first-order valence-electron chi connectivity index (χ1n) is 18.5. The highest BCUT2D eigenvalue weighted by molar-refractivity contribution is 7.26. The maximum absolute atomic E-state index is 2.46. The predicted octanol–water partition coefficient (Wildman–Crippen LogP) is 15.5. The van der Waals surface area contributed by atoms with Gasteiger partial charge in [0.15, 0.2) is 0 Å². The number of hydrogen-bond donors (Lipinski definition) is 0. The summed E-state index contributed by atoms with van der Waals surface area (Å²) in [6, 6.07) is 73.4. The molecular weight excluding hydrogens is 671 g/mol. The minimum atomic E-state index is 1.11. The Labute approximate surface area is 317 Å². The minimum Gasteiger partial charge on any atom is -0.309 e. The van der Waals surface area contributed by atoms with Crippen molar-refractivity contribution < 1.29 is 0 Å². The number of para-hydroxylation sites is 1. The van der Waals surface area contributed by atoms with Crippen molar-refractivity contribution in [3.05, 3.63) is 200 Å². The molecule has 0 unspecified atom stereocenters. The fraction of sp³-hybridized carbons (Fsp3) is 0. The summed E-state index contributed by atoms with van der Waals surface area (Å²) in [5.74, 6) is 0. The van der Waals surface area contributed by atoms with Gasteiger partial charge in [0, 0.05) is 42.2 Å². The van der Waals surface area contributed by atoms with E-state index in [1.807, 2.05) is 11.3 Å². The van der Waals surface area contributed by atoms with Gasteiger partial charge in [0.05, 0.1) is 11.4 Å². The summed E-state index contributed by atoms with van der Waals surface area (Å²) in [4.78, 5) is 2.46. The summed E-state index contributed by atoms with van der Waals surface area (Å²) in [6.45, 7) is 0. The monoisotopic (exact) mass is 703 g/mol. The average Bonchev–Trinajstić information content (AvgIpc) is 3.63. The Morgan fingerprint density at radius 1 is 0.315 bits per heavy atom. The molecule has 0 fully saturated rings. The molecule has 0 amide bonds. The molecule has 0 aliphatic heterocycles. The van der Waals surface area contributed by atoms with E-state index in [0.717, 1.165) is 17.1 Å². The molecule has 0 N–H and O–H groups in total. The van der Waals surface area contributed by atoms with E-state index < -0.39 is 0 Å². The van der Waals surface area contributed by atoms with Crippen molar-refractivity contribution in [2.45, 2.75) is 0 Å². The van der Waals surface area contributed by atoms with E-state index in [0.29, 0.717) is 0 Å². The molecule has 10 aromatic carbocycles. The van der Waals surface area contributed by atoms with Gasteiger partial charge in [-0.1, -0.05) is 170 Å². The van der Waals surface area contributed by atoms with Gasteiger partial charge in [-0.25, -0.2) is 0 Å². The maximum atomic E-state index is 2.46. The van der Waals surface area contributed by atoms with Crippen molar-refractivity contribution in [3.8, 4) is 22.3 Å². The fourth-order valence-electron chi connectivity index (χ4n) is 8.56. The molecule has 0 aliphatic rings. The third-order valence-electron chi connectivity index (χ3n) is 11.0. The van der Waals surface area contributed by atoms with Crippen molar-refractivity contribution in [1.82, 2.24) is 0 Å². The van der Waals surface area contributed by atoms with Gasteiger partial charge in [-0.15, -0.1) is 11.3 Å². The number of fused-ring (bicyclic) bond motifs is 10. The number of anilines is 3. The van der Waals surface area contributed by atoms with Crippen molar-refractivity contribution in [2.75, 3.05) is 4.90 Å². The molecule has 0 radical (unpaired) electrons. The molecule has 1 nitrogen and oxygen atoms in total. The Hall–Kier alpha value is -6.74. The van der Waals surface area contributed by atoms with Crippen molar-refractivity contribution in [1.29, 1.82) is 0 Å². The molecule has 0 saturated heterocycles. The quantitative estimate of drug-likeness (QED) is 0.161. The van der Waals surface area contributed by atoms with Gasteiger partial charge in [-0.2, -0.15) is 0 Å². The van der Waals surface area contributed by atoms with Gasteiger partial charge in [0.25, 0.3) is 0 Å². The van der Waals surface area contributed by atoms with Crippen molar-refractivity contribution >= 4 is 91.7 Å². The van der Waals surface area contributed by atoms with Crippen LogP contribution in [0.25, 0.3) is 85.5 Å². The summed E-state index contributed by atoms with van der Waals surface area (Å²) < 4.78 is 2.65.